The number of nitrogens with zero attached hydrogens (tertiary/aromatic N) is 3. The molecule has 0 saturated heterocycles. The van der Waals surface area contributed by atoms with Gasteiger partial charge >= 0.3 is 0 Å². The summed E-state index contributed by atoms with van der Waals surface area (Å²) in [7, 11) is -3.64. The number of imidazole rings is 1. The molecular formula is C21H17N5O3S2. The van der Waals surface area contributed by atoms with E-state index in [2.05, 4.69) is 20.0 Å². The first kappa shape index (κ1) is 19.5. The van der Waals surface area contributed by atoms with Crippen LogP contribution in [0.2, 0.25) is 0 Å². The lowest BCUT2D eigenvalue weighted by atomic mass is 10.1. The predicted octanol–water partition coefficient (Wildman–Crippen LogP) is 3.13. The van der Waals surface area contributed by atoms with E-state index in [4.69, 9.17) is 0 Å². The number of carbonyl (C=O) groups is 1. The maximum atomic E-state index is 12.6. The number of sulfonamides is 1. The van der Waals surface area contributed by atoms with Crippen molar-refractivity contribution in [3.63, 3.8) is 0 Å². The van der Waals surface area contributed by atoms with Crippen molar-refractivity contribution in [1.82, 2.24) is 14.1 Å². The van der Waals surface area contributed by atoms with Gasteiger partial charge in [-0.25, -0.2) is 13.4 Å². The molecule has 5 rings (SSSR count). The third-order valence-electron chi connectivity index (χ3n) is 4.91. The third kappa shape index (κ3) is 3.60. The van der Waals surface area contributed by atoms with Crippen LogP contribution in [0.5, 0.6) is 0 Å². The molecule has 0 aliphatic carbocycles. The van der Waals surface area contributed by atoms with Crippen molar-refractivity contribution in [3.8, 4) is 11.3 Å². The van der Waals surface area contributed by atoms with E-state index in [0.717, 1.165) is 16.2 Å². The van der Waals surface area contributed by atoms with Crippen LogP contribution >= 0.6 is 11.3 Å². The van der Waals surface area contributed by atoms with Gasteiger partial charge in [0.25, 0.3) is 10.0 Å². The van der Waals surface area contributed by atoms with E-state index in [1.807, 2.05) is 34.3 Å². The number of anilines is 1. The van der Waals surface area contributed by atoms with E-state index >= 15 is 0 Å². The monoisotopic (exact) mass is 451 g/mol. The van der Waals surface area contributed by atoms with E-state index in [0.29, 0.717) is 11.3 Å². The zero-order chi connectivity index (χ0) is 21.6. The molecule has 2 aromatic heterocycles. The van der Waals surface area contributed by atoms with Gasteiger partial charge in [-0.2, -0.15) is 0 Å². The molecule has 2 N–H and O–H groups in total. The van der Waals surface area contributed by atoms with Crippen LogP contribution in [-0.2, 0) is 14.8 Å². The molecule has 0 fully saturated rings. The first-order valence-electron chi connectivity index (χ1n) is 9.44. The second-order valence-corrected chi connectivity index (χ2v) is 9.56. The lowest BCUT2D eigenvalue weighted by Gasteiger charge is -2.10. The maximum absolute atomic E-state index is 12.6. The molecule has 4 aromatic rings. The lowest BCUT2D eigenvalue weighted by molar-refractivity contribution is -0.117. The Balaban J connectivity index is 1.31. The highest BCUT2D eigenvalue weighted by atomic mass is 32.2. The van der Waals surface area contributed by atoms with Crippen LogP contribution in [0.1, 0.15) is 12.5 Å². The van der Waals surface area contributed by atoms with Gasteiger partial charge in [0, 0.05) is 34.6 Å². The molecule has 1 unspecified atom stereocenters. The zero-order valence-corrected chi connectivity index (χ0v) is 17.9. The number of amides is 1. The Morgan fingerprint density at radius 2 is 1.97 bits per heavy atom. The average Bonchev–Trinajstić information content (AvgIpc) is 3.42. The molecule has 0 saturated carbocycles. The van der Waals surface area contributed by atoms with E-state index in [9.17, 15) is 13.2 Å². The molecule has 0 spiro atoms. The SMILES string of the molecule is CC(N=C1NS(=O)(=O)c2ccccc21)C(=O)Nc1ccc(-c2cn3ccsc3n2)cc1. The van der Waals surface area contributed by atoms with E-state index in [1.54, 1.807) is 48.6 Å². The smallest absolute Gasteiger partial charge is 0.263 e. The van der Waals surface area contributed by atoms with Crippen LogP contribution in [-0.4, -0.2) is 35.6 Å². The summed E-state index contributed by atoms with van der Waals surface area (Å²) >= 11 is 1.57. The van der Waals surface area contributed by atoms with E-state index < -0.39 is 16.1 Å². The summed E-state index contributed by atoms with van der Waals surface area (Å²) in [6.45, 7) is 1.61. The summed E-state index contributed by atoms with van der Waals surface area (Å²) in [5.41, 5.74) is 2.89. The predicted molar refractivity (Wildman–Crippen MR) is 120 cm³/mol. The lowest BCUT2D eigenvalue weighted by Crippen LogP contribution is -2.28. The van der Waals surface area contributed by atoms with Crippen molar-refractivity contribution in [2.45, 2.75) is 17.9 Å². The fourth-order valence-electron chi connectivity index (χ4n) is 3.32. The third-order valence-corrected chi connectivity index (χ3v) is 7.07. The molecule has 0 radical (unpaired) electrons. The summed E-state index contributed by atoms with van der Waals surface area (Å²) < 4.78 is 28.8. The number of carbonyl (C=O) groups excluding carboxylic acids is 1. The van der Waals surface area contributed by atoms with Gasteiger partial charge < -0.3 is 5.32 Å². The topological polar surface area (TPSA) is 105 Å². The standard InChI is InChI=1S/C21H17N5O3S2/c1-13(22-19-16-4-2-3-5-18(16)31(28,29)25-19)20(27)23-15-8-6-14(7-9-15)17-12-26-10-11-30-21(26)24-17/h2-13H,1H3,(H,22,25)(H,23,27). The zero-order valence-electron chi connectivity index (χ0n) is 16.3. The molecule has 8 nitrogen and oxygen atoms in total. The van der Waals surface area contributed by atoms with E-state index in [-0.39, 0.29) is 16.6 Å². The highest BCUT2D eigenvalue weighted by Crippen LogP contribution is 2.24. The van der Waals surface area contributed by atoms with Gasteiger partial charge in [0.1, 0.15) is 11.9 Å². The van der Waals surface area contributed by atoms with E-state index in [1.165, 1.54) is 6.07 Å². The van der Waals surface area contributed by atoms with Gasteiger partial charge in [0.15, 0.2) is 4.96 Å². The Morgan fingerprint density at radius 3 is 2.74 bits per heavy atom. The number of benzene rings is 2. The molecule has 3 heterocycles. The fraction of sp³-hybridized carbons (Fsp3) is 0.0952. The number of aliphatic imine (C=N–C) groups is 1. The largest absolute Gasteiger partial charge is 0.324 e. The van der Waals surface area contributed by atoms with Gasteiger partial charge in [0.05, 0.1) is 10.6 Å². The Kier molecular flexibility index (Phi) is 4.60. The molecule has 31 heavy (non-hydrogen) atoms. The van der Waals surface area contributed by atoms with Crippen LogP contribution in [0.15, 0.2) is 76.2 Å². The molecule has 1 aliphatic rings. The number of aromatic nitrogens is 2. The molecule has 1 amide bonds. The molecular weight excluding hydrogens is 434 g/mol. The quantitative estimate of drug-likeness (QED) is 0.497. The van der Waals surface area contributed by atoms with Crippen LogP contribution in [0.4, 0.5) is 5.69 Å². The van der Waals surface area contributed by atoms with Crippen molar-refractivity contribution in [2.24, 2.45) is 4.99 Å². The Hall–Kier alpha value is -3.50. The Morgan fingerprint density at radius 1 is 1.19 bits per heavy atom. The second kappa shape index (κ2) is 7.33. The van der Waals surface area contributed by atoms with Gasteiger partial charge in [0.2, 0.25) is 5.91 Å². The number of thiazole rings is 1. The van der Waals surface area contributed by atoms with Gasteiger partial charge in [-0.3, -0.25) is 18.9 Å². The molecule has 2 aromatic carbocycles. The minimum absolute atomic E-state index is 0.163. The molecule has 1 aliphatic heterocycles. The van der Waals surface area contributed by atoms with Gasteiger partial charge in [-0.05, 0) is 31.2 Å². The van der Waals surface area contributed by atoms with Gasteiger partial charge in [-0.15, -0.1) is 11.3 Å². The Labute approximate surface area is 182 Å². The minimum atomic E-state index is -3.64. The van der Waals surface area contributed by atoms with Crippen molar-refractivity contribution in [2.75, 3.05) is 5.32 Å². The summed E-state index contributed by atoms with van der Waals surface area (Å²) in [4.78, 5) is 22.6. The second-order valence-electron chi connectivity index (χ2n) is 7.04. The fourth-order valence-corrected chi connectivity index (χ4v) is 5.26. The normalized spacial score (nSPS) is 16.7. The van der Waals surface area contributed by atoms with Crippen LogP contribution < -0.4 is 10.0 Å². The summed E-state index contributed by atoms with van der Waals surface area (Å²) in [6, 6.07) is 13.1. The highest BCUT2D eigenvalue weighted by molar-refractivity contribution is 7.90. The number of amidine groups is 1. The Bertz CT molecular complexity index is 1410. The molecule has 0 bridgehead atoms. The highest BCUT2D eigenvalue weighted by Gasteiger charge is 2.31. The number of fused-ring (bicyclic) bond motifs is 2. The summed E-state index contributed by atoms with van der Waals surface area (Å²) in [5, 5.41) is 4.79. The summed E-state index contributed by atoms with van der Waals surface area (Å²) in [5.74, 6) is -0.167. The molecule has 156 valence electrons. The van der Waals surface area contributed by atoms with Gasteiger partial charge in [-0.1, -0.05) is 24.3 Å². The molecule has 10 heteroatoms. The maximum Gasteiger partial charge on any atom is 0.263 e. The molecule has 1 atom stereocenters. The van der Waals surface area contributed by atoms with Crippen LogP contribution in [0.25, 0.3) is 16.2 Å². The number of rotatable bonds is 4. The number of hydrogen-bond acceptors (Lipinski definition) is 6. The van der Waals surface area contributed by atoms with Crippen molar-refractivity contribution >= 4 is 43.8 Å². The van der Waals surface area contributed by atoms with Crippen molar-refractivity contribution < 1.29 is 13.2 Å². The average molecular weight is 452 g/mol. The number of hydrogen-bond donors (Lipinski definition) is 2. The first-order valence-corrected chi connectivity index (χ1v) is 11.8. The number of nitrogens with one attached hydrogen (secondary N) is 2. The minimum Gasteiger partial charge on any atom is -0.324 e. The first-order chi connectivity index (χ1) is 14.9. The van der Waals surface area contributed by atoms with Crippen molar-refractivity contribution in [3.05, 3.63) is 71.9 Å². The van der Waals surface area contributed by atoms with Crippen LogP contribution in [0.3, 0.4) is 0 Å². The van der Waals surface area contributed by atoms with Crippen molar-refractivity contribution in [1.29, 1.82) is 0 Å². The summed E-state index contributed by atoms with van der Waals surface area (Å²) in [6.07, 6.45) is 3.91. The van der Waals surface area contributed by atoms with Crippen LogP contribution in [0, 0.1) is 0 Å².